The van der Waals surface area contributed by atoms with E-state index in [-0.39, 0.29) is 0 Å². The highest BCUT2D eigenvalue weighted by Crippen LogP contribution is 2.26. The lowest BCUT2D eigenvalue weighted by Crippen LogP contribution is -2.25. The van der Waals surface area contributed by atoms with Crippen molar-refractivity contribution < 1.29 is 4.74 Å². The van der Waals surface area contributed by atoms with Crippen molar-refractivity contribution >= 4 is 11.3 Å². The van der Waals surface area contributed by atoms with Gasteiger partial charge in [-0.15, -0.1) is 11.3 Å². The summed E-state index contributed by atoms with van der Waals surface area (Å²) in [6, 6.07) is 0.393. The van der Waals surface area contributed by atoms with Crippen molar-refractivity contribution in [1.29, 1.82) is 0 Å². The first-order chi connectivity index (χ1) is 9.69. The fraction of sp³-hybridized carbons (Fsp3) is 0.812. The molecule has 0 aliphatic heterocycles. The van der Waals surface area contributed by atoms with Crippen LogP contribution in [0.15, 0.2) is 0 Å². The lowest BCUT2D eigenvalue weighted by molar-refractivity contribution is 0.194. The van der Waals surface area contributed by atoms with Gasteiger partial charge < -0.3 is 10.1 Å². The molecule has 0 amide bonds. The van der Waals surface area contributed by atoms with Gasteiger partial charge in [-0.3, -0.25) is 0 Å². The van der Waals surface area contributed by atoms with Crippen LogP contribution in [0.4, 0.5) is 0 Å². The molecular weight excluding hydrogens is 268 g/mol. The average molecular weight is 298 g/mol. The minimum atomic E-state index is 0.393. The quantitative estimate of drug-likeness (QED) is 0.615. The van der Waals surface area contributed by atoms with Crippen molar-refractivity contribution in [3.8, 4) is 0 Å². The number of rotatable bonds is 11. The van der Waals surface area contributed by atoms with Crippen LogP contribution in [0.5, 0.6) is 0 Å². The minimum absolute atomic E-state index is 0.393. The molecule has 0 spiro atoms. The Bertz CT molecular complexity index is 346. The molecule has 0 aliphatic carbocycles. The Morgan fingerprint density at radius 1 is 1.20 bits per heavy atom. The summed E-state index contributed by atoms with van der Waals surface area (Å²) < 4.78 is 5.14. The van der Waals surface area contributed by atoms with Crippen molar-refractivity contribution in [2.24, 2.45) is 0 Å². The van der Waals surface area contributed by atoms with E-state index in [1.54, 1.807) is 7.11 Å². The molecule has 1 unspecified atom stereocenters. The van der Waals surface area contributed by atoms with Crippen LogP contribution in [0.1, 0.15) is 67.1 Å². The molecule has 116 valence electrons. The maximum atomic E-state index is 5.14. The van der Waals surface area contributed by atoms with Crippen molar-refractivity contribution in [2.75, 3.05) is 20.3 Å². The van der Waals surface area contributed by atoms with Crippen LogP contribution in [-0.2, 0) is 4.74 Å². The van der Waals surface area contributed by atoms with Crippen LogP contribution in [0.25, 0.3) is 0 Å². The number of nitrogens with zero attached hydrogens (tertiary/aromatic N) is 1. The number of methoxy groups -OCH3 is 1. The van der Waals surface area contributed by atoms with Crippen LogP contribution in [0.2, 0.25) is 0 Å². The Morgan fingerprint density at radius 3 is 2.55 bits per heavy atom. The first-order valence-corrected chi connectivity index (χ1v) is 8.67. The van der Waals surface area contributed by atoms with Crippen molar-refractivity contribution in [2.45, 2.75) is 65.3 Å². The molecule has 0 aliphatic rings. The SMILES string of the molecule is CCCCCCCC(NCCOC)c1nc(C)c(C)s1. The average Bonchev–Trinajstić information content (AvgIpc) is 2.76. The summed E-state index contributed by atoms with van der Waals surface area (Å²) in [7, 11) is 1.75. The fourth-order valence-electron chi connectivity index (χ4n) is 2.25. The number of thiazole rings is 1. The first kappa shape index (κ1) is 17.6. The van der Waals surface area contributed by atoms with Gasteiger partial charge in [-0.05, 0) is 20.3 Å². The topological polar surface area (TPSA) is 34.1 Å². The van der Waals surface area contributed by atoms with Gasteiger partial charge in [-0.1, -0.05) is 39.0 Å². The molecule has 0 saturated heterocycles. The van der Waals surface area contributed by atoms with Crippen LogP contribution in [-0.4, -0.2) is 25.2 Å². The predicted molar refractivity (Wildman–Crippen MR) is 87.6 cm³/mol. The molecular formula is C16H30N2OS. The summed E-state index contributed by atoms with van der Waals surface area (Å²) in [6.07, 6.45) is 7.82. The zero-order chi connectivity index (χ0) is 14.8. The van der Waals surface area contributed by atoms with Crippen LogP contribution < -0.4 is 5.32 Å². The van der Waals surface area contributed by atoms with E-state index in [1.807, 2.05) is 11.3 Å². The Balaban J connectivity index is 2.46. The van der Waals surface area contributed by atoms with Crippen molar-refractivity contribution in [3.63, 3.8) is 0 Å². The molecule has 1 heterocycles. The van der Waals surface area contributed by atoms with Crippen LogP contribution in [0.3, 0.4) is 0 Å². The van der Waals surface area contributed by atoms with Gasteiger partial charge in [0.1, 0.15) is 5.01 Å². The summed E-state index contributed by atoms with van der Waals surface area (Å²) >= 11 is 1.83. The number of nitrogens with one attached hydrogen (secondary N) is 1. The van der Waals surface area contributed by atoms with E-state index in [0.29, 0.717) is 6.04 Å². The number of unbranched alkanes of at least 4 members (excludes halogenated alkanes) is 4. The molecule has 1 aromatic heterocycles. The van der Waals surface area contributed by atoms with Gasteiger partial charge in [0.25, 0.3) is 0 Å². The zero-order valence-corrected chi connectivity index (χ0v) is 14.3. The lowest BCUT2D eigenvalue weighted by atomic mass is 10.1. The molecule has 3 nitrogen and oxygen atoms in total. The third kappa shape index (κ3) is 6.33. The minimum Gasteiger partial charge on any atom is -0.383 e. The van der Waals surface area contributed by atoms with Crippen LogP contribution >= 0.6 is 11.3 Å². The second-order valence-electron chi connectivity index (χ2n) is 5.40. The monoisotopic (exact) mass is 298 g/mol. The highest BCUT2D eigenvalue weighted by Gasteiger charge is 2.15. The van der Waals surface area contributed by atoms with Gasteiger partial charge in [-0.25, -0.2) is 4.98 Å². The highest BCUT2D eigenvalue weighted by molar-refractivity contribution is 7.11. The van der Waals surface area contributed by atoms with E-state index in [0.717, 1.165) is 13.2 Å². The second-order valence-corrected chi connectivity index (χ2v) is 6.63. The van der Waals surface area contributed by atoms with Gasteiger partial charge in [0.2, 0.25) is 0 Å². The van der Waals surface area contributed by atoms with E-state index in [4.69, 9.17) is 9.72 Å². The molecule has 1 atom stereocenters. The predicted octanol–water partition coefficient (Wildman–Crippen LogP) is 4.40. The normalized spacial score (nSPS) is 12.8. The van der Waals surface area contributed by atoms with Gasteiger partial charge in [0.05, 0.1) is 18.3 Å². The number of aromatic nitrogens is 1. The largest absolute Gasteiger partial charge is 0.383 e. The summed E-state index contributed by atoms with van der Waals surface area (Å²) in [5.74, 6) is 0. The summed E-state index contributed by atoms with van der Waals surface area (Å²) in [6.45, 7) is 8.17. The lowest BCUT2D eigenvalue weighted by Gasteiger charge is -2.16. The first-order valence-electron chi connectivity index (χ1n) is 7.85. The smallest absolute Gasteiger partial charge is 0.110 e. The van der Waals surface area contributed by atoms with Crippen molar-refractivity contribution in [1.82, 2.24) is 10.3 Å². The van der Waals surface area contributed by atoms with E-state index in [9.17, 15) is 0 Å². The number of ether oxygens (including phenoxy) is 1. The molecule has 0 fully saturated rings. The maximum Gasteiger partial charge on any atom is 0.110 e. The standard InChI is InChI=1S/C16H30N2OS/c1-5-6-7-8-9-10-15(17-11-12-19-4)16-18-13(2)14(3)20-16/h15,17H,5-12H2,1-4H3. The number of hydrogen-bond donors (Lipinski definition) is 1. The Labute approximate surface area is 128 Å². The Morgan fingerprint density at radius 2 is 1.95 bits per heavy atom. The van der Waals surface area contributed by atoms with Crippen molar-refractivity contribution in [3.05, 3.63) is 15.6 Å². The molecule has 20 heavy (non-hydrogen) atoms. The van der Waals surface area contributed by atoms with Crippen LogP contribution in [0, 0.1) is 13.8 Å². The molecule has 0 saturated carbocycles. The molecule has 1 rings (SSSR count). The molecule has 1 N–H and O–H groups in total. The van der Waals surface area contributed by atoms with E-state index in [2.05, 4.69) is 26.1 Å². The third-order valence-corrected chi connectivity index (χ3v) is 4.82. The molecule has 1 aromatic rings. The molecule has 0 radical (unpaired) electrons. The van der Waals surface area contributed by atoms with E-state index < -0.39 is 0 Å². The van der Waals surface area contributed by atoms with Gasteiger partial charge in [0.15, 0.2) is 0 Å². The zero-order valence-electron chi connectivity index (χ0n) is 13.5. The summed E-state index contributed by atoms with van der Waals surface area (Å²) in [4.78, 5) is 6.06. The second kappa shape index (κ2) is 10.3. The fourth-order valence-corrected chi connectivity index (χ4v) is 3.28. The van der Waals surface area contributed by atoms with Gasteiger partial charge in [-0.2, -0.15) is 0 Å². The molecule has 4 heteroatoms. The van der Waals surface area contributed by atoms with E-state index >= 15 is 0 Å². The van der Waals surface area contributed by atoms with Gasteiger partial charge >= 0.3 is 0 Å². The highest BCUT2D eigenvalue weighted by atomic mass is 32.1. The Hall–Kier alpha value is -0.450. The molecule has 0 aromatic carbocycles. The summed E-state index contributed by atoms with van der Waals surface area (Å²) in [5, 5.41) is 4.83. The third-order valence-electron chi connectivity index (χ3n) is 3.64. The number of aryl methyl sites for hydroxylation is 2. The van der Waals surface area contributed by atoms with Gasteiger partial charge in [0, 0.05) is 18.5 Å². The molecule has 0 bridgehead atoms. The summed E-state index contributed by atoms with van der Waals surface area (Å²) in [5.41, 5.74) is 1.18. The van der Waals surface area contributed by atoms with E-state index in [1.165, 1.54) is 54.1 Å². The number of hydrogen-bond acceptors (Lipinski definition) is 4. The maximum absolute atomic E-state index is 5.14. The Kier molecular flexibility index (Phi) is 9.07.